The zero-order valence-corrected chi connectivity index (χ0v) is 13.8. The average Bonchev–Trinajstić information content (AvgIpc) is 2.96. The van der Waals surface area contributed by atoms with Crippen molar-refractivity contribution in [3.05, 3.63) is 24.3 Å². The molecule has 4 rings (SSSR count). The summed E-state index contributed by atoms with van der Waals surface area (Å²) in [6, 6.07) is 9.15. The van der Waals surface area contributed by atoms with E-state index in [0.29, 0.717) is 10.8 Å². The Kier molecular flexibility index (Phi) is 3.35. The van der Waals surface area contributed by atoms with Crippen LogP contribution in [0.25, 0.3) is 0 Å². The van der Waals surface area contributed by atoms with Gasteiger partial charge in [0.2, 0.25) is 0 Å². The minimum absolute atomic E-state index is 0.399. The Balaban J connectivity index is 1.50. The van der Waals surface area contributed by atoms with Gasteiger partial charge in [0.1, 0.15) is 0 Å². The number of ether oxygens (including phenoxy) is 1. The molecule has 0 saturated carbocycles. The van der Waals surface area contributed by atoms with E-state index in [1.54, 1.807) is 0 Å². The van der Waals surface area contributed by atoms with Gasteiger partial charge in [-0.15, -0.1) is 0 Å². The van der Waals surface area contributed by atoms with Crippen molar-refractivity contribution in [3.8, 4) is 0 Å². The van der Waals surface area contributed by atoms with Crippen LogP contribution in [-0.4, -0.2) is 52.5 Å². The molecule has 120 valence electrons. The monoisotopic (exact) mass is 301 g/mol. The van der Waals surface area contributed by atoms with Gasteiger partial charge in [0.05, 0.1) is 13.2 Å². The maximum Gasteiger partial charge on any atom is 0.0642 e. The van der Waals surface area contributed by atoms with Crippen LogP contribution in [0.15, 0.2) is 24.3 Å². The van der Waals surface area contributed by atoms with E-state index in [1.165, 1.54) is 11.4 Å². The van der Waals surface area contributed by atoms with Gasteiger partial charge in [-0.25, -0.2) is 0 Å². The predicted octanol–water partition coefficient (Wildman–Crippen LogP) is 1.96. The van der Waals surface area contributed by atoms with E-state index < -0.39 is 0 Å². The van der Waals surface area contributed by atoms with Crippen molar-refractivity contribution < 1.29 is 4.74 Å². The molecule has 3 heterocycles. The quantitative estimate of drug-likeness (QED) is 0.904. The summed E-state index contributed by atoms with van der Waals surface area (Å²) in [6.45, 7) is 13.2. The number of nitrogens with one attached hydrogen (secondary N) is 1. The Hall–Kier alpha value is -1.26. The second kappa shape index (κ2) is 5.14. The molecule has 3 fully saturated rings. The zero-order valence-electron chi connectivity index (χ0n) is 13.8. The van der Waals surface area contributed by atoms with E-state index in [1.807, 2.05) is 0 Å². The van der Waals surface area contributed by atoms with Crippen LogP contribution in [0, 0.1) is 10.8 Å². The summed E-state index contributed by atoms with van der Waals surface area (Å²) < 4.78 is 5.43. The third-order valence-electron chi connectivity index (χ3n) is 6.16. The molecular weight excluding hydrogens is 274 g/mol. The largest absolute Gasteiger partial charge is 0.378 e. The van der Waals surface area contributed by atoms with Gasteiger partial charge in [-0.1, -0.05) is 13.8 Å². The van der Waals surface area contributed by atoms with Gasteiger partial charge in [0, 0.05) is 61.5 Å². The maximum atomic E-state index is 5.43. The molecule has 2 atom stereocenters. The van der Waals surface area contributed by atoms with Gasteiger partial charge < -0.3 is 19.9 Å². The van der Waals surface area contributed by atoms with Gasteiger partial charge in [-0.3, -0.25) is 0 Å². The molecule has 3 saturated heterocycles. The first-order chi connectivity index (χ1) is 10.6. The van der Waals surface area contributed by atoms with Gasteiger partial charge in [0.25, 0.3) is 0 Å². The standard InChI is InChI=1S/C18H27N3O/c1-17-11-19-12-18(17,2)14-21(13-17)16-5-3-15(4-6-16)20-7-9-22-10-8-20/h3-6,19H,7-14H2,1-2H3/t17-,18+. The predicted molar refractivity (Wildman–Crippen MR) is 90.8 cm³/mol. The third kappa shape index (κ3) is 2.20. The summed E-state index contributed by atoms with van der Waals surface area (Å²) in [5.41, 5.74) is 3.49. The smallest absolute Gasteiger partial charge is 0.0642 e. The Morgan fingerprint density at radius 3 is 1.91 bits per heavy atom. The fraction of sp³-hybridized carbons (Fsp3) is 0.667. The second-order valence-electron chi connectivity index (χ2n) is 7.70. The summed E-state index contributed by atoms with van der Waals surface area (Å²) in [5.74, 6) is 0. The van der Waals surface area contributed by atoms with Gasteiger partial charge >= 0.3 is 0 Å². The van der Waals surface area contributed by atoms with Crippen LogP contribution < -0.4 is 15.1 Å². The number of hydrogen-bond donors (Lipinski definition) is 1. The van der Waals surface area contributed by atoms with E-state index in [9.17, 15) is 0 Å². The SMILES string of the molecule is C[C@@]12CNC[C@]1(C)CN(c1ccc(N3CCOCC3)cc1)C2. The Bertz CT molecular complexity index is 522. The highest BCUT2D eigenvalue weighted by atomic mass is 16.5. The highest BCUT2D eigenvalue weighted by molar-refractivity contribution is 5.57. The van der Waals surface area contributed by atoms with E-state index in [4.69, 9.17) is 4.74 Å². The zero-order chi connectivity index (χ0) is 15.2. The Morgan fingerprint density at radius 2 is 1.36 bits per heavy atom. The highest BCUT2D eigenvalue weighted by Gasteiger charge is 2.54. The topological polar surface area (TPSA) is 27.7 Å². The minimum Gasteiger partial charge on any atom is -0.378 e. The van der Waals surface area contributed by atoms with E-state index in [2.05, 4.69) is 53.2 Å². The van der Waals surface area contributed by atoms with Gasteiger partial charge in [0.15, 0.2) is 0 Å². The lowest BCUT2D eigenvalue weighted by molar-refractivity contribution is 0.122. The van der Waals surface area contributed by atoms with Crippen LogP contribution in [-0.2, 0) is 4.74 Å². The molecule has 0 bridgehead atoms. The summed E-state index contributed by atoms with van der Waals surface area (Å²) in [7, 11) is 0. The summed E-state index contributed by atoms with van der Waals surface area (Å²) in [5, 5.41) is 3.58. The fourth-order valence-electron chi connectivity index (χ4n) is 4.31. The average molecular weight is 301 g/mol. The number of rotatable bonds is 2. The molecule has 0 unspecified atom stereocenters. The lowest BCUT2D eigenvalue weighted by Crippen LogP contribution is -2.36. The van der Waals surface area contributed by atoms with Crippen molar-refractivity contribution in [2.24, 2.45) is 10.8 Å². The molecule has 0 aromatic heterocycles. The van der Waals surface area contributed by atoms with Crippen LogP contribution in [0.1, 0.15) is 13.8 Å². The molecule has 1 aromatic carbocycles. The molecule has 22 heavy (non-hydrogen) atoms. The molecular formula is C18H27N3O. The van der Waals surface area contributed by atoms with Crippen molar-refractivity contribution >= 4 is 11.4 Å². The van der Waals surface area contributed by atoms with Gasteiger partial charge in [-0.05, 0) is 24.3 Å². The number of nitrogens with zero attached hydrogens (tertiary/aromatic N) is 2. The van der Waals surface area contributed by atoms with Crippen LogP contribution in [0.5, 0.6) is 0 Å². The molecule has 0 amide bonds. The molecule has 3 aliphatic rings. The van der Waals surface area contributed by atoms with Crippen LogP contribution in [0.4, 0.5) is 11.4 Å². The van der Waals surface area contributed by atoms with E-state index in [-0.39, 0.29) is 0 Å². The number of morpholine rings is 1. The number of anilines is 2. The normalized spacial score (nSPS) is 35.0. The first kappa shape index (κ1) is 14.3. The lowest BCUT2D eigenvalue weighted by atomic mass is 9.71. The van der Waals surface area contributed by atoms with Crippen molar-refractivity contribution in [3.63, 3.8) is 0 Å². The molecule has 1 N–H and O–H groups in total. The summed E-state index contributed by atoms with van der Waals surface area (Å²) in [4.78, 5) is 4.99. The van der Waals surface area contributed by atoms with Crippen molar-refractivity contribution in [1.29, 1.82) is 0 Å². The molecule has 4 heteroatoms. The molecule has 0 radical (unpaired) electrons. The number of hydrogen-bond acceptors (Lipinski definition) is 4. The molecule has 3 aliphatic heterocycles. The molecule has 0 spiro atoms. The first-order valence-electron chi connectivity index (χ1n) is 8.48. The Labute approximate surface area is 133 Å². The Morgan fingerprint density at radius 1 is 0.864 bits per heavy atom. The van der Waals surface area contributed by atoms with Gasteiger partial charge in [-0.2, -0.15) is 0 Å². The van der Waals surface area contributed by atoms with Crippen LogP contribution in [0.3, 0.4) is 0 Å². The lowest BCUT2D eigenvalue weighted by Gasteiger charge is -2.30. The van der Waals surface area contributed by atoms with Crippen LogP contribution in [0.2, 0.25) is 0 Å². The molecule has 4 nitrogen and oxygen atoms in total. The third-order valence-corrected chi connectivity index (χ3v) is 6.16. The van der Waals surface area contributed by atoms with E-state index in [0.717, 1.165) is 52.5 Å². The molecule has 1 aromatic rings. The summed E-state index contributed by atoms with van der Waals surface area (Å²) in [6.07, 6.45) is 0. The van der Waals surface area contributed by atoms with Crippen LogP contribution >= 0.6 is 0 Å². The summed E-state index contributed by atoms with van der Waals surface area (Å²) >= 11 is 0. The number of benzene rings is 1. The van der Waals surface area contributed by atoms with Crippen molar-refractivity contribution in [2.45, 2.75) is 13.8 Å². The van der Waals surface area contributed by atoms with Crippen molar-refractivity contribution in [1.82, 2.24) is 5.32 Å². The minimum atomic E-state index is 0.399. The first-order valence-corrected chi connectivity index (χ1v) is 8.48. The number of fused-ring (bicyclic) bond motifs is 1. The second-order valence-corrected chi connectivity index (χ2v) is 7.70. The maximum absolute atomic E-state index is 5.43. The fourth-order valence-corrected chi connectivity index (χ4v) is 4.31. The van der Waals surface area contributed by atoms with Crippen molar-refractivity contribution in [2.75, 3.05) is 62.3 Å². The highest BCUT2D eigenvalue weighted by Crippen LogP contribution is 2.49. The molecule has 0 aliphatic carbocycles. The van der Waals surface area contributed by atoms with E-state index >= 15 is 0 Å².